The van der Waals surface area contributed by atoms with E-state index in [9.17, 15) is 4.79 Å². The molecule has 0 aliphatic carbocycles. The standard InChI is InChI=1S/C7H6NO/c1-6-3-2-4-8-7(6)5-9/h2-4H,1H3. The fourth-order valence-electron chi connectivity index (χ4n) is 0.593. The Morgan fingerprint density at radius 1 is 1.67 bits per heavy atom. The zero-order valence-corrected chi connectivity index (χ0v) is 5.09. The van der Waals surface area contributed by atoms with Crippen LogP contribution in [-0.4, -0.2) is 11.3 Å². The second kappa shape index (κ2) is 2.40. The summed E-state index contributed by atoms with van der Waals surface area (Å²) < 4.78 is 0. The molecule has 0 saturated carbocycles. The van der Waals surface area contributed by atoms with Gasteiger partial charge in [-0.25, -0.2) is 0 Å². The Hall–Kier alpha value is -1.18. The molecule has 0 bridgehead atoms. The van der Waals surface area contributed by atoms with Gasteiger partial charge in [-0.15, -0.1) is 0 Å². The first-order chi connectivity index (χ1) is 4.34. The molecule has 1 radical (unpaired) electrons. The Morgan fingerprint density at radius 2 is 2.44 bits per heavy atom. The molecule has 1 rings (SSSR count). The Labute approximate surface area is 53.5 Å². The Bertz CT molecular complexity index is 220. The molecule has 1 aromatic heterocycles. The highest BCUT2D eigenvalue weighted by Gasteiger charge is 1.93. The van der Waals surface area contributed by atoms with Crippen LogP contribution < -0.4 is 0 Å². The van der Waals surface area contributed by atoms with Gasteiger partial charge in [0, 0.05) is 6.20 Å². The molecule has 0 aliphatic rings. The van der Waals surface area contributed by atoms with E-state index in [1.54, 1.807) is 18.5 Å². The van der Waals surface area contributed by atoms with Gasteiger partial charge >= 0.3 is 0 Å². The van der Waals surface area contributed by atoms with E-state index in [-0.39, 0.29) is 0 Å². The number of aromatic nitrogens is 1. The first-order valence-electron chi connectivity index (χ1n) is 2.64. The largest absolute Gasteiger partial charge is 0.283 e. The summed E-state index contributed by atoms with van der Waals surface area (Å²) in [4.78, 5) is 13.8. The number of pyridine rings is 1. The maximum atomic E-state index is 10.0. The molecule has 0 atom stereocenters. The summed E-state index contributed by atoms with van der Waals surface area (Å²) in [5, 5.41) is 0. The minimum Gasteiger partial charge on any atom is -0.283 e. The molecule has 0 aliphatic heterocycles. The van der Waals surface area contributed by atoms with Crippen molar-refractivity contribution in [1.82, 2.24) is 4.98 Å². The SMILES string of the molecule is Cc1cccnc1[C]=O. The highest BCUT2D eigenvalue weighted by atomic mass is 16.1. The molecule has 0 unspecified atom stereocenters. The number of nitrogens with zero attached hydrogens (tertiary/aromatic N) is 1. The summed E-state index contributed by atoms with van der Waals surface area (Å²) in [7, 11) is 0. The van der Waals surface area contributed by atoms with E-state index in [1.165, 1.54) is 0 Å². The van der Waals surface area contributed by atoms with E-state index in [1.807, 2.05) is 13.0 Å². The molecule has 0 aromatic carbocycles. The van der Waals surface area contributed by atoms with Crippen molar-refractivity contribution in [2.24, 2.45) is 0 Å². The third-order valence-electron chi connectivity index (χ3n) is 1.11. The second-order valence-electron chi connectivity index (χ2n) is 1.77. The third-order valence-corrected chi connectivity index (χ3v) is 1.11. The normalized spacial score (nSPS) is 9.00. The lowest BCUT2D eigenvalue weighted by Crippen LogP contribution is -1.88. The first kappa shape index (κ1) is 5.95. The van der Waals surface area contributed by atoms with Crippen LogP contribution in [0.15, 0.2) is 18.3 Å². The zero-order valence-electron chi connectivity index (χ0n) is 5.09. The fraction of sp³-hybridized carbons (Fsp3) is 0.143. The van der Waals surface area contributed by atoms with Crippen LogP contribution in [0.5, 0.6) is 0 Å². The van der Waals surface area contributed by atoms with E-state index < -0.39 is 0 Å². The summed E-state index contributed by atoms with van der Waals surface area (Å²) in [5.41, 5.74) is 1.27. The van der Waals surface area contributed by atoms with E-state index in [4.69, 9.17) is 0 Å². The lowest BCUT2D eigenvalue weighted by Gasteiger charge is -1.90. The summed E-state index contributed by atoms with van der Waals surface area (Å²) in [6.07, 6.45) is 3.31. The Morgan fingerprint density at radius 3 is 2.89 bits per heavy atom. The van der Waals surface area contributed by atoms with E-state index >= 15 is 0 Å². The second-order valence-corrected chi connectivity index (χ2v) is 1.77. The van der Waals surface area contributed by atoms with Crippen LogP contribution in [0.4, 0.5) is 0 Å². The van der Waals surface area contributed by atoms with E-state index in [0.29, 0.717) is 5.69 Å². The molecule has 0 fully saturated rings. The van der Waals surface area contributed by atoms with Crippen LogP contribution in [0, 0.1) is 6.92 Å². The average Bonchev–Trinajstić information content (AvgIpc) is 1.89. The maximum absolute atomic E-state index is 10.0. The van der Waals surface area contributed by atoms with E-state index in [2.05, 4.69) is 4.98 Å². The van der Waals surface area contributed by atoms with Gasteiger partial charge in [-0.3, -0.25) is 9.78 Å². The molecule has 0 spiro atoms. The molecule has 1 heterocycles. The topological polar surface area (TPSA) is 30.0 Å². The Balaban J connectivity index is 3.15. The molecule has 2 heteroatoms. The number of hydrogen-bond donors (Lipinski definition) is 0. The maximum Gasteiger partial charge on any atom is 0.253 e. The van der Waals surface area contributed by atoms with Crippen LogP contribution in [0.1, 0.15) is 11.3 Å². The van der Waals surface area contributed by atoms with Crippen molar-refractivity contribution in [1.29, 1.82) is 0 Å². The molecular formula is C7H6NO. The van der Waals surface area contributed by atoms with Crippen LogP contribution >= 0.6 is 0 Å². The van der Waals surface area contributed by atoms with Gasteiger partial charge in [0.2, 0.25) is 0 Å². The van der Waals surface area contributed by atoms with Crippen molar-refractivity contribution < 1.29 is 4.79 Å². The van der Waals surface area contributed by atoms with Crippen LogP contribution in [-0.2, 0) is 4.79 Å². The zero-order chi connectivity index (χ0) is 6.69. The van der Waals surface area contributed by atoms with Gasteiger partial charge in [0.25, 0.3) is 6.29 Å². The van der Waals surface area contributed by atoms with Crippen LogP contribution in [0.2, 0.25) is 0 Å². The van der Waals surface area contributed by atoms with Gasteiger partial charge in [-0.05, 0) is 18.6 Å². The van der Waals surface area contributed by atoms with Gasteiger partial charge in [0.15, 0.2) is 0 Å². The van der Waals surface area contributed by atoms with Gasteiger partial charge in [-0.2, -0.15) is 0 Å². The van der Waals surface area contributed by atoms with Crippen molar-refractivity contribution in [3.8, 4) is 0 Å². The lowest BCUT2D eigenvalue weighted by atomic mass is 10.2. The molecular weight excluding hydrogens is 114 g/mol. The number of rotatable bonds is 1. The van der Waals surface area contributed by atoms with Gasteiger partial charge in [-0.1, -0.05) is 6.07 Å². The van der Waals surface area contributed by atoms with Crippen molar-refractivity contribution in [2.75, 3.05) is 0 Å². The predicted molar refractivity (Wildman–Crippen MR) is 33.8 cm³/mol. The summed E-state index contributed by atoms with van der Waals surface area (Å²) >= 11 is 0. The highest BCUT2D eigenvalue weighted by Crippen LogP contribution is 1.97. The van der Waals surface area contributed by atoms with Gasteiger partial charge in [0.05, 0.1) is 0 Å². The van der Waals surface area contributed by atoms with Crippen LogP contribution in [0.25, 0.3) is 0 Å². The predicted octanol–water partition coefficient (Wildman–Crippen LogP) is 0.848. The molecule has 1 aromatic rings. The van der Waals surface area contributed by atoms with Crippen molar-refractivity contribution in [3.63, 3.8) is 0 Å². The monoisotopic (exact) mass is 120 g/mol. The van der Waals surface area contributed by atoms with Crippen LogP contribution in [0.3, 0.4) is 0 Å². The first-order valence-corrected chi connectivity index (χ1v) is 2.64. The smallest absolute Gasteiger partial charge is 0.253 e. The fourth-order valence-corrected chi connectivity index (χ4v) is 0.593. The summed E-state index contributed by atoms with van der Waals surface area (Å²) in [6.45, 7) is 1.83. The number of hydrogen-bond acceptors (Lipinski definition) is 2. The molecule has 0 saturated heterocycles. The average molecular weight is 120 g/mol. The highest BCUT2D eigenvalue weighted by molar-refractivity contribution is 5.74. The number of aryl methyl sites for hydroxylation is 1. The van der Waals surface area contributed by atoms with Crippen molar-refractivity contribution >= 4 is 6.29 Å². The minimum atomic E-state index is 0.400. The minimum absolute atomic E-state index is 0.400. The van der Waals surface area contributed by atoms with Gasteiger partial charge in [0.1, 0.15) is 5.69 Å². The molecule has 0 N–H and O–H groups in total. The molecule has 2 nitrogen and oxygen atoms in total. The molecule has 9 heavy (non-hydrogen) atoms. The van der Waals surface area contributed by atoms with Gasteiger partial charge < -0.3 is 0 Å². The third kappa shape index (κ3) is 1.13. The summed E-state index contributed by atoms with van der Waals surface area (Å²) in [6, 6.07) is 3.61. The molecule has 0 amide bonds. The molecule has 45 valence electrons. The number of carbonyl (C=O) groups excluding carboxylic acids is 1. The lowest BCUT2D eigenvalue weighted by molar-refractivity contribution is 0.561. The summed E-state index contributed by atoms with van der Waals surface area (Å²) in [5.74, 6) is 0. The van der Waals surface area contributed by atoms with E-state index in [0.717, 1.165) is 5.56 Å². The van der Waals surface area contributed by atoms with Crippen molar-refractivity contribution in [3.05, 3.63) is 29.6 Å². The quantitative estimate of drug-likeness (QED) is 0.549. The Kier molecular flexibility index (Phi) is 1.58. The van der Waals surface area contributed by atoms with Crippen molar-refractivity contribution in [2.45, 2.75) is 6.92 Å².